The Balaban J connectivity index is 1.37. The summed E-state index contributed by atoms with van der Waals surface area (Å²) in [6.45, 7) is 2.04. The van der Waals surface area contributed by atoms with Crippen LogP contribution in [0.3, 0.4) is 0 Å². The van der Waals surface area contributed by atoms with Crippen LogP contribution in [0.2, 0.25) is 0 Å². The molecule has 3 amide bonds. The fourth-order valence-electron chi connectivity index (χ4n) is 3.74. The molecule has 0 spiro atoms. The van der Waals surface area contributed by atoms with E-state index in [1.807, 2.05) is 6.92 Å². The van der Waals surface area contributed by atoms with Crippen LogP contribution in [0, 0.1) is 6.92 Å². The van der Waals surface area contributed by atoms with Crippen molar-refractivity contribution < 1.29 is 29.0 Å². The van der Waals surface area contributed by atoms with Gasteiger partial charge in [0, 0.05) is 5.56 Å². The standard InChI is InChI=1S/C24H18N2O6/c1-13-2-6-19(27)18(8-13)25-22(28)15-4-5-16-17(10-15)24(30)26(23(16)29)11-14-3-7-20-21(9-14)32-12-31-20/h2-10,27H,11-12H2,1H3,(H,25,28). The van der Waals surface area contributed by atoms with E-state index in [1.165, 1.54) is 24.3 Å². The second kappa shape index (κ2) is 7.42. The maximum atomic E-state index is 13.0. The van der Waals surface area contributed by atoms with Gasteiger partial charge in [0.2, 0.25) is 6.79 Å². The summed E-state index contributed by atoms with van der Waals surface area (Å²) in [6, 6.07) is 14.4. The Morgan fingerprint density at radius 1 is 0.969 bits per heavy atom. The van der Waals surface area contributed by atoms with Crippen LogP contribution in [0.1, 0.15) is 42.2 Å². The van der Waals surface area contributed by atoms with E-state index in [1.54, 1.807) is 30.3 Å². The summed E-state index contributed by atoms with van der Waals surface area (Å²) < 4.78 is 10.6. The number of fused-ring (bicyclic) bond motifs is 2. The van der Waals surface area contributed by atoms with E-state index in [0.717, 1.165) is 16.0 Å². The normalized spacial score (nSPS) is 14.0. The van der Waals surface area contributed by atoms with E-state index in [9.17, 15) is 19.5 Å². The summed E-state index contributed by atoms with van der Waals surface area (Å²) in [5.74, 6) is -0.278. The van der Waals surface area contributed by atoms with Gasteiger partial charge in [0.15, 0.2) is 11.5 Å². The van der Waals surface area contributed by atoms with Crippen LogP contribution in [-0.2, 0) is 6.54 Å². The first-order valence-electron chi connectivity index (χ1n) is 9.90. The van der Waals surface area contributed by atoms with Gasteiger partial charge in [0.25, 0.3) is 17.7 Å². The van der Waals surface area contributed by atoms with Gasteiger partial charge in [-0.05, 0) is 60.5 Å². The SMILES string of the molecule is Cc1ccc(O)c(NC(=O)c2ccc3c(c2)C(=O)N(Cc2ccc4c(c2)OCO4)C3=O)c1. The van der Waals surface area contributed by atoms with Gasteiger partial charge in [-0.3, -0.25) is 19.3 Å². The third-order valence-electron chi connectivity index (χ3n) is 5.41. The lowest BCUT2D eigenvalue weighted by Crippen LogP contribution is -2.29. The molecule has 8 nitrogen and oxygen atoms in total. The number of carbonyl (C=O) groups is 3. The van der Waals surface area contributed by atoms with E-state index in [4.69, 9.17) is 9.47 Å². The van der Waals surface area contributed by atoms with Gasteiger partial charge in [0.1, 0.15) is 5.75 Å². The van der Waals surface area contributed by atoms with Crippen molar-refractivity contribution in [2.75, 3.05) is 12.1 Å². The van der Waals surface area contributed by atoms with Crippen molar-refractivity contribution in [2.45, 2.75) is 13.5 Å². The van der Waals surface area contributed by atoms with E-state index >= 15 is 0 Å². The van der Waals surface area contributed by atoms with Crippen LogP contribution in [0.5, 0.6) is 17.2 Å². The monoisotopic (exact) mass is 430 g/mol. The van der Waals surface area contributed by atoms with Crippen LogP contribution in [0.4, 0.5) is 5.69 Å². The third-order valence-corrected chi connectivity index (χ3v) is 5.41. The number of hydrogen-bond donors (Lipinski definition) is 2. The maximum Gasteiger partial charge on any atom is 0.261 e. The predicted molar refractivity (Wildman–Crippen MR) is 114 cm³/mol. The Hall–Kier alpha value is -4.33. The summed E-state index contributed by atoms with van der Waals surface area (Å²) in [7, 11) is 0. The third kappa shape index (κ3) is 3.31. The van der Waals surface area contributed by atoms with Crippen molar-refractivity contribution in [3.63, 3.8) is 0 Å². The highest BCUT2D eigenvalue weighted by Gasteiger charge is 2.36. The van der Waals surface area contributed by atoms with Gasteiger partial charge in [-0.2, -0.15) is 0 Å². The molecular formula is C24H18N2O6. The minimum Gasteiger partial charge on any atom is -0.506 e. The average molecular weight is 430 g/mol. The smallest absolute Gasteiger partial charge is 0.261 e. The number of phenolic OH excluding ortho intramolecular Hbond substituents is 1. The van der Waals surface area contributed by atoms with Gasteiger partial charge in [-0.15, -0.1) is 0 Å². The molecule has 3 aromatic rings. The van der Waals surface area contributed by atoms with Gasteiger partial charge in [-0.1, -0.05) is 12.1 Å². The number of aryl methyl sites for hydroxylation is 1. The zero-order valence-corrected chi connectivity index (χ0v) is 17.0. The van der Waals surface area contributed by atoms with Crippen molar-refractivity contribution in [2.24, 2.45) is 0 Å². The Kier molecular flexibility index (Phi) is 4.55. The molecule has 2 aliphatic heterocycles. The number of aromatic hydroxyl groups is 1. The highest BCUT2D eigenvalue weighted by atomic mass is 16.7. The lowest BCUT2D eigenvalue weighted by Gasteiger charge is -2.14. The van der Waals surface area contributed by atoms with Crippen LogP contribution >= 0.6 is 0 Å². The highest BCUT2D eigenvalue weighted by molar-refractivity contribution is 6.22. The molecule has 0 radical (unpaired) electrons. The van der Waals surface area contributed by atoms with Crippen LogP contribution < -0.4 is 14.8 Å². The largest absolute Gasteiger partial charge is 0.506 e. The molecule has 0 fully saturated rings. The number of rotatable bonds is 4. The Bertz CT molecular complexity index is 1300. The maximum absolute atomic E-state index is 13.0. The molecule has 0 unspecified atom stereocenters. The Morgan fingerprint density at radius 3 is 2.59 bits per heavy atom. The molecular weight excluding hydrogens is 412 g/mol. The van der Waals surface area contributed by atoms with Crippen molar-refractivity contribution in [3.8, 4) is 17.2 Å². The van der Waals surface area contributed by atoms with Crippen molar-refractivity contribution in [1.29, 1.82) is 0 Å². The molecule has 2 heterocycles. The van der Waals surface area contributed by atoms with E-state index in [2.05, 4.69) is 5.32 Å². The van der Waals surface area contributed by atoms with Gasteiger partial charge in [-0.25, -0.2) is 0 Å². The number of imide groups is 1. The number of nitrogens with one attached hydrogen (secondary N) is 1. The average Bonchev–Trinajstić information content (AvgIpc) is 3.34. The van der Waals surface area contributed by atoms with Crippen LogP contribution in [-0.4, -0.2) is 34.5 Å². The topological polar surface area (TPSA) is 105 Å². The number of hydrogen-bond acceptors (Lipinski definition) is 6. The summed E-state index contributed by atoms with van der Waals surface area (Å²) in [4.78, 5) is 39.6. The molecule has 3 aromatic carbocycles. The summed E-state index contributed by atoms with van der Waals surface area (Å²) in [6.07, 6.45) is 0. The number of carbonyl (C=O) groups excluding carboxylic acids is 3. The number of anilines is 1. The molecule has 160 valence electrons. The molecule has 5 rings (SSSR count). The zero-order valence-electron chi connectivity index (χ0n) is 17.0. The molecule has 0 aromatic heterocycles. The molecule has 0 bridgehead atoms. The molecule has 32 heavy (non-hydrogen) atoms. The minimum absolute atomic E-state index is 0.0636. The first-order valence-corrected chi connectivity index (χ1v) is 9.90. The predicted octanol–water partition coefficient (Wildman–Crippen LogP) is 3.48. The Morgan fingerprint density at radius 2 is 1.75 bits per heavy atom. The number of nitrogens with zero attached hydrogens (tertiary/aromatic N) is 1. The van der Waals surface area contributed by atoms with Gasteiger partial charge >= 0.3 is 0 Å². The quantitative estimate of drug-likeness (QED) is 0.485. The second-order valence-corrected chi connectivity index (χ2v) is 7.62. The molecule has 2 aliphatic rings. The fourth-order valence-corrected chi connectivity index (χ4v) is 3.74. The summed E-state index contributed by atoms with van der Waals surface area (Å²) in [5, 5.41) is 12.6. The number of amides is 3. The lowest BCUT2D eigenvalue weighted by molar-refractivity contribution is 0.0642. The molecule has 0 aliphatic carbocycles. The number of phenols is 1. The van der Waals surface area contributed by atoms with Crippen LogP contribution in [0.25, 0.3) is 0 Å². The van der Waals surface area contributed by atoms with Crippen molar-refractivity contribution in [3.05, 3.63) is 82.4 Å². The second-order valence-electron chi connectivity index (χ2n) is 7.62. The summed E-state index contributed by atoms with van der Waals surface area (Å²) >= 11 is 0. The first kappa shape index (κ1) is 19.6. The van der Waals surface area contributed by atoms with E-state index in [-0.39, 0.29) is 41.5 Å². The molecule has 8 heteroatoms. The van der Waals surface area contributed by atoms with Crippen molar-refractivity contribution >= 4 is 23.4 Å². The zero-order chi connectivity index (χ0) is 22.4. The molecule has 0 atom stereocenters. The summed E-state index contributed by atoms with van der Waals surface area (Å²) in [5.41, 5.74) is 2.46. The number of benzene rings is 3. The Labute approximate surface area is 183 Å². The molecule has 2 N–H and O–H groups in total. The molecule has 0 saturated heterocycles. The van der Waals surface area contributed by atoms with Gasteiger partial charge < -0.3 is 19.9 Å². The minimum atomic E-state index is -0.497. The van der Waals surface area contributed by atoms with E-state index in [0.29, 0.717) is 11.5 Å². The lowest BCUT2D eigenvalue weighted by atomic mass is 10.1. The fraction of sp³-hybridized carbons (Fsp3) is 0.125. The van der Waals surface area contributed by atoms with Crippen LogP contribution in [0.15, 0.2) is 54.6 Å². The van der Waals surface area contributed by atoms with E-state index < -0.39 is 17.7 Å². The van der Waals surface area contributed by atoms with Gasteiger partial charge in [0.05, 0.1) is 23.4 Å². The first-order chi connectivity index (χ1) is 15.4. The molecule has 0 saturated carbocycles. The highest BCUT2D eigenvalue weighted by Crippen LogP contribution is 2.34. The van der Waals surface area contributed by atoms with Crippen molar-refractivity contribution in [1.82, 2.24) is 4.90 Å². The number of ether oxygens (including phenoxy) is 2.